The van der Waals surface area contributed by atoms with Gasteiger partial charge in [-0.3, -0.25) is 9.78 Å². The second kappa shape index (κ2) is 10.2. The molecule has 0 radical (unpaired) electrons. The van der Waals surface area contributed by atoms with Crippen LogP contribution in [0.2, 0.25) is 0 Å². The van der Waals surface area contributed by atoms with Crippen LogP contribution in [0.25, 0.3) is 11.3 Å². The van der Waals surface area contributed by atoms with Crippen LogP contribution >= 0.6 is 0 Å². The number of ether oxygens (including phenoxy) is 1. The fourth-order valence-electron chi connectivity index (χ4n) is 4.98. The number of nitrogens with zero attached hydrogens (tertiary/aromatic N) is 5. The molecular weight excluding hydrogens is 490 g/mol. The van der Waals surface area contributed by atoms with Gasteiger partial charge in [0.2, 0.25) is 11.8 Å². The Hall–Kier alpha value is -3.82. The molecule has 2 aliphatic rings. The molecule has 0 fully saturated rings. The highest BCUT2D eigenvalue weighted by Gasteiger charge is 2.30. The van der Waals surface area contributed by atoms with Crippen molar-refractivity contribution in [3.63, 3.8) is 0 Å². The summed E-state index contributed by atoms with van der Waals surface area (Å²) in [7, 11) is 1.57. The Morgan fingerprint density at radius 2 is 1.97 bits per heavy atom. The number of halogens is 2. The number of hydrogen-bond donors (Lipinski definition) is 1. The van der Waals surface area contributed by atoms with Crippen molar-refractivity contribution in [3.05, 3.63) is 52.8 Å². The molecule has 3 aromatic rings. The average Bonchev–Trinajstić information content (AvgIpc) is 3.37. The minimum absolute atomic E-state index is 0.102. The highest BCUT2D eigenvalue weighted by Crippen LogP contribution is 2.39. The molecule has 2 bridgehead atoms. The van der Waals surface area contributed by atoms with Gasteiger partial charge in [0.15, 0.2) is 0 Å². The van der Waals surface area contributed by atoms with Gasteiger partial charge in [-0.25, -0.2) is 13.5 Å². The number of aliphatic imine (C=N–C) groups is 1. The van der Waals surface area contributed by atoms with Crippen molar-refractivity contribution in [1.29, 1.82) is 0 Å². The van der Waals surface area contributed by atoms with Gasteiger partial charge in [-0.05, 0) is 61.4 Å². The van der Waals surface area contributed by atoms with Crippen LogP contribution < -0.4 is 15.0 Å². The number of aryl methyl sites for hydroxylation is 2. The lowest BCUT2D eigenvalue weighted by Crippen LogP contribution is -2.35. The van der Waals surface area contributed by atoms with Crippen LogP contribution in [0.3, 0.4) is 0 Å². The van der Waals surface area contributed by atoms with Gasteiger partial charge >= 0.3 is 0 Å². The van der Waals surface area contributed by atoms with E-state index in [1.165, 1.54) is 16.3 Å². The highest BCUT2D eigenvalue weighted by atomic mass is 19.3. The third kappa shape index (κ3) is 4.87. The zero-order valence-electron chi connectivity index (χ0n) is 22.3. The summed E-state index contributed by atoms with van der Waals surface area (Å²) in [4.78, 5) is 24.5. The first-order valence-corrected chi connectivity index (χ1v) is 12.9. The SMILES string of the molecule is Cc1cc2cc(n1)-c1c(C(F)F)nn(C)c1OCCC[C@@H](C)CN1/C(=N/C2=O)Nc2ccc(C(C)C)cc21. The van der Waals surface area contributed by atoms with Crippen LogP contribution in [0.15, 0.2) is 35.3 Å². The molecule has 8 nitrogen and oxygen atoms in total. The van der Waals surface area contributed by atoms with Gasteiger partial charge in [0.1, 0.15) is 5.69 Å². The van der Waals surface area contributed by atoms with Gasteiger partial charge in [0, 0.05) is 24.8 Å². The van der Waals surface area contributed by atoms with Gasteiger partial charge in [0.25, 0.3) is 12.3 Å². The first-order valence-electron chi connectivity index (χ1n) is 12.9. The van der Waals surface area contributed by atoms with Crippen molar-refractivity contribution in [3.8, 4) is 17.1 Å². The Balaban J connectivity index is 1.63. The quantitative estimate of drug-likeness (QED) is 0.439. The summed E-state index contributed by atoms with van der Waals surface area (Å²) < 4.78 is 35.3. The van der Waals surface area contributed by atoms with E-state index in [0.29, 0.717) is 37.1 Å². The first kappa shape index (κ1) is 25.8. The number of carbonyl (C=O) groups excluding carboxylic acids is 1. The molecule has 2 aliphatic heterocycles. The Morgan fingerprint density at radius 1 is 1.18 bits per heavy atom. The number of rotatable bonds is 2. The molecule has 200 valence electrons. The average molecular weight is 523 g/mol. The predicted octanol–water partition coefficient (Wildman–Crippen LogP) is 6.09. The molecule has 0 saturated carbocycles. The van der Waals surface area contributed by atoms with Gasteiger partial charge in [-0.2, -0.15) is 10.1 Å². The molecule has 1 atom stereocenters. The molecule has 1 amide bonds. The van der Waals surface area contributed by atoms with Crippen LogP contribution in [0.1, 0.15) is 73.3 Å². The molecule has 1 N–H and O–H groups in total. The smallest absolute Gasteiger partial charge is 0.282 e. The van der Waals surface area contributed by atoms with Crippen LogP contribution in [-0.2, 0) is 7.05 Å². The maximum Gasteiger partial charge on any atom is 0.282 e. The summed E-state index contributed by atoms with van der Waals surface area (Å²) in [6.07, 6.45) is -1.28. The summed E-state index contributed by atoms with van der Waals surface area (Å²) in [5, 5.41) is 7.32. The monoisotopic (exact) mass is 522 g/mol. The molecule has 0 aliphatic carbocycles. The van der Waals surface area contributed by atoms with E-state index in [1.54, 1.807) is 20.0 Å². The second-order valence-electron chi connectivity index (χ2n) is 10.4. The van der Waals surface area contributed by atoms with E-state index in [-0.39, 0.29) is 28.6 Å². The number of anilines is 2. The van der Waals surface area contributed by atoms with E-state index in [1.807, 2.05) is 6.07 Å². The van der Waals surface area contributed by atoms with Gasteiger partial charge < -0.3 is 15.0 Å². The maximum atomic E-state index is 14.0. The van der Waals surface area contributed by atoms with Crippen molar-refractivity contribution in [1.82, 2.24) is 14.8 Å². The predicted molar refractivity (Wildman–Crippen MR) is 143 cm³/mol. The Morgan fingerprint density at radius 3 is 2.71 bits per heavy atom. The third-order valence-electron chi connectivity index (χ3n) is 6.95. The molecule has 1 aromatic carbocycles. The van der Waals surface area contributed by atoms with Crippen LogP contribution in [0.4, 0.5) is 20.2 Å². The topological polar surface area (TPSA) is 84.6 Å². The lowest BCUT2D eigenvalue weighted by atomic mass is 10.0. The molecule has 2 aromatic heterocycles. The molecular formula is C28H32F2N6O2. The van der Waals surface area contributed by atoms with Gasteiger partial charge in [0.05, 0.1) is 29.2 Å². The van der Waals surface area contributed by atoms with Crippen LogP contribution in [0, 0.1) is 12.8 Å². The standard InChI is InChI=1S/C28H32F2N6O2/c1-15(2)18-8-9-20-22(13-18)36-14-16(3)7-6-10-38-27-23(24(25(29)30)34-35(27)5)21-12-19(11-17(4)31-21)26(37)33-28(36)32-20/h8-9,11-13,15-16,25H,6-7,10,14H2,1-5H3,(H,32,33,37)/t16-/m1/s1. The molecule has 5 rings (SSSR count). The zero-order valence-corrected chi connectivity index (χ0v) is 22.3. The van der Waals surface area contributed by atoms with E-state index >= 15 is 0 Å². The fraction of sp³-hybridized carbons (Fsp3) is 0.429. The molecule has 4 heterocycles. The number of hydrogen-bond acceptors (Lipinski definition) is 6. The number of alkyl halides is 2. The van der Waals surface area contributed by atoms with Crippen molar-refractivity contribution in [2.24, 2.45) is 18.0 Å². The number of aromatic nitrogens is 3. The van der Waals surface area contributed by atoms with E-state index in [4.69, 9.17) is 4.74 Å². The fourth-order valence-corrected chi connectivity index (χ4v) is 4.98. The number of nitrogens with one attached hydrogen (secondary N) is 1. The summed E-state index contributed by atoms with van der Waals surface area (Å²) in [5.41, 5.74) is 3.71. The summed E-state index contributed by atoms with van der Waals surface area (Å²) in [6, 6.07) is 9.34. The molecule has 38 heavy (non-hydrogen) atoms. The Labute approximate surface area is 220 Å². The molecule has 0 saturated heterocycles. The summed E-state index contributed by atoms with van der Waals surface area (Å²) in [5.74, 6) is 0.771. The zero-order chi connectivity index (χ0) is 27.1. The number of pyridine rings is 1. The number of carbonyl (C=O) groups is 1. The minimum atomic E-state index is -2.83. The van der Waals surface area contributed by atoms with Gasteiger partial charge in [-0.1, -0.05) is 26.8 Å². The van der Waals surface area contributed by atoms with Crippen LogP contribution in [0.5, 0.6) is 5.88 Å². The van der Waals surface area contributed by atoms with E-state index < -0.39 is 18.0 Å². The Bertz CT molecular complexity index is 1410. The molecule has 0 spiro atoms. The van der Waals surface area contributed by atoms with Crippen molar-refractivity contribution in [2.75, 3.05) is 23.4 Å². The minimum Gasteiger partial charge on any atom is -0.477 e. The summed E-state index contributed by atoms with van der Waals surface area (Å²) in [6.45, 7) is 9.14. The number of amides is 1. The number of fused-ring (bicyclic) bond motifs is 7. The van der Waals surface area contributed by atoms with E-state index in [9.17, 15) is 13.6 Å². The second-order valence-corrected chi connectivity index (χ2v) is 10.4. The van der Waals surface area contributed by atoms with Crippen molar-refractivity contribution >= 4 is 23.2 Å². The van der Waals surface area contributed by atoms with E-state index in [2.05, 4.69) is 58.2 Å². The highest BCUT2D eigenvalue weighted by molar-refractivity contribution is 6.19. The lowest BCUT2D eigenvalue weighted by molar-refractivity contribution is 0.100. The van der Waals surface area contributed by atoms with E-state index in [0.717, 1.165) is 17.8 Å². The molecule has 10 heteroatoms. The first-order chi connectivity index (χ1) is 18.1. The number of benzene rings is 1. The molecule has 0 unspecified atom stereocenters. The van der Waals surface area contributed by atoms with Crippen molar-refractivity contribution in [2.45, 2.75) is 52.9 Å². The Kier molecular flexibility index (Phi) is 6.90. The number of guanidine groups is 1. The van der Waals surface area contributed by atoms with Crippen molar-refractivity contribution < 1.29 is 18.3 Å². The van der Waals surface area contributed by atoms with Crippen LogP contribution in [-0.4, -0.2) is 39.8 Å². The normalized spacial score (nSPS) is 19.1. The maximum absolute atomic E-state index is 14.0. The van der Waals surface area contributed by atoms with Gasteiger partial charge in [-0.15, -0.1) is 0 Å². The summed E-state index contributed by atoms with van der Waals surface area (Å²) >= 11 is 0. The lowest BCUT2D eigenvalue weighted by Gasteiger charge is -2.23. The third-order valence-corrected chi connectivity index (χ3v) is 6.95. The largest absolute Gasteiger partial charge is 0.477 e.